The maximum absolute atomic E-state index is 13.0. The molecular weight excluding hydrogens is 352 g/mol. The van der Waals surface area contributed by atoms with Crippen LogP contribution in [0.3, 0.4) is 0 Å². The minimum absolute atomic E-state index is 0.00626. The van der Waals surface area contributed by atoms with Crippen molar-refractivity contribution in [1.29, 1.82) is 0 Å². The van der Waals surface area contributed by atoms with Crippen LogP contribution < -0.4 is 5.32 Å². The molecule has 2 heterocycles. The number of para-hydroxylation sites is 1. The summed E-state index contributed by atoms with van der Waals surface area (Å²) in [5.41, 5.74) is 2.23. The lowest BCUT2D eigenvalue weighted by Crippen LogP contribution is -2.42. The molecule has 148 valence electrons. The first-order valence-corrected chi connectivity index (χ1v) is 9.82. The third-order valence-electron chi connectivity index (χ3n) is 5.11. The van der Waals surface area contributed by atoms with E-state index < -0.39 is 0 Å². The second-order valence-electron chi connectivity index (χ2n) is 7.46. The molecule has 1 aromatic carbocycles. The van der Waals surface area contributed by atoms with Gasteiger partial charge >= 0.3 is 0 Å². The number of amides is 2. The highest BCUT2D eigenvalue weighted by atomic mass is 16.2. The van der Waals surface area contributed by atoms with E-state index in [9.17, 15) is 9.59 Å². The lowest BCUT2D eigenvalue weighted by molar-refractivity contribution is -0.117. The van der Waals surface area contributed by atoms with Crippen LogP contribution in [-0.4, -0.2) is 52.8 Å². The van der Waals surface area contributed by atoms with Crippen molar-refractivity contribution < 1.29 is 9.59 Å². The summed E-state index contributed by atoms with van der Waals surface area (Å²) in [6.07, 6.45) is 6.71. The van der Waals surface area contributed by atoms with Crippen molar-refractivity contribution in [1.82, 2.24) is 14.8 Å². The summed E-state index contributed by atoms with van der Waals surface area (Å²) in [6.45, 7) is 3.76. The maximum Gasteiger partial charge on any atom is 0.256 e. The van der Waals surface area contributed by atoms with Crippen LogP contribution in [0.5, 0.6) is 0 Å². The number of carbonyl (C=O) groups excluding carboxylic acids is 2. The van der Waals surface area contributed by atoms with E-state index in [2.05, 4.69) is 17.2 Å². The Balaban J connectivity index is 1.64. The topological polar surface area (TPSA) is 65.5 Å². The van der Waals surface area contributed by atoms with E-state index in [4.69, 9.17) is 0 Å². The number of hydrogen-bond donors (Lipinski definition) is 1. The molecule has 1 unspecified atom stereocenters. The van der Waals surface area contributed by atoms with Gasteiger partial charge in [-0.3, -0.25) is 19.5 Å². The molecule has 28 heavy (non-hydrogen) atoms. The monoisotopic (exact) mass is 380 g/mol. The fraction of sp³-hybridized carbons (Fsp3) is 0.409. The lowest BCUT2D eigenvalue weighted by Gasteiger charge is -2.34. The molecule has 0 spiro atoms. The number of pyridine rings is 1. The Labute approximate surface area is 166 Å². The third-order valence-corrected chi connectivity index (χ3v) is 5.11. The smallest absolute Gasteiger partial charge is 0.256 e. The molecule has 0 aliphatic carbocycles. The normalized spacial score (nSPS) is 16.8. The summed E-state index contributed by atoms with van der Waals surface area (Å²) in [5, 5.41) is 2.92. The van der Waals surface area contributed by atoms with Crippen LogP contribution in [0.1, 0.15) is 42.1 Å². The number of carbonyl (C=O) groups is 2. The highest BCUT2D eigenvalue weighted by Gasteiger charge is 2.26. The Kier molecular flexibility index (Phi) is 6.76. The third kappa shape index (κ3) is 5.16. The standard InChI is InChI=1S/C22H28N4O2/c1-17-7-5-6-14-26(17)22(28)19-8-3-4-9-20(19)24-21(27)16-25(2)15-18-10-12-23-13-11-18/h3-4,8-13,17H,5-7,14-16H2,1-2H3,(H,24,27). The first-order valence-electron chi connectivity index (χ1n) is 9.82. The summed E-state index contributed by atoms with van der Waals surface area (Å²) in [5.74, 6) is -0.142. The molecule has 1 N–H and O–H groups in total. The van der Waals surface area contributed by atoms with Gasteiger partial charge in [0.15, 0.2) is 0 Å². The molecule has 1 aliphatic rings. The zero-order valence-electron chi connectivity index (χ0n) is 16.6. The van der Waals surface area contributed by atoms with Gasteiger partial charge in [0, 0.05) is 31.5 Å². The van der Waals surface area contributed by atoms with Crippen LogP contribution in [0.15, 0.2) is 48.8 Å². The number of nitrogens with one attached hydrogen (secondary N) is 1. The van der Waals surface area contributed by atoms with E-state index in [1.807, 2.05) is 41.1 Å². The second kappa shape index (κ2) is 9.46. The number of rotatable bonds is 6. The van der Waals surface area contributed by atoms with Crippen LogP contribution in [0.4, 0.5) is 5.69 Å². The number of hydrogen-bond acceptors (Lipinski definition) is 4. The number of likely N-dealkylation sites (N-methyl/N-ethyl adjacent to an activating group) is 1. The molecule has 1 saturated heterocycles. The van der Waals surface area contributed by atoms with E-state index in [0.717, 1.165) is 31.4 Å². The molecule has 3 rings (SSSR count). The van der Waals surface area contributed by atoms with Crippen molar-refractivity contribution in [2.75, 3.05) is 25.5 Å². The molecule has 2 aromatic rings. The second-order valence-corrected chi connectivity index (χ2v) is 7.46. The Morgan fingerprint density at radius 1 is 1.18 bits per heavy atom. The molecule has 1 atom stereocenters. The minimum atomic E-state index is -0.136. The SMILES string of the molecule is CC1CCCCN1C(=O)c1ccccc1NC(=O)CN(C)Cc1ccncc1. The van der Waals surface area contributed by atoms with Crippen LogP contribution in [-0.2, 0) is 11.3 Å². The molecule has 0 bridgehead atoms. The number of anilines is 1. The number of piperidine rings is 1. The van der Waals surface area contributed by atoms with Gasteiger partial charge in [-0.05, 0) is 63.1 Å². The van der Waals surface area contributed by atoms with Crippen LogP contribution in [0, 0.1) is 0 Å². The number of aromatic nitrogens is 1. The van der Waals surface area contributed by atoms with Gasteiger partial charge in [0.2, 0.25) is 5.91 Å². The van der Waals surface area contributed by atoms with E-state index in [-0.39, 0.29) is 24.4 Å². The summed E-state index contributed by atoms with van der Waals surface area (Å²) in [7, 11) is 1.90. The van der Waals surface area contributed by atoms with Gasteiger partial charge in [0.05, 0.1) is 17.8 Å². The van der Waals surface area contributed by atoms with Crippen molar-refractivity contribution in [3.8, 4) is 0 Å². The van der Waals surface area contributed by atoms with Crippen LogP contribution in [0.2, 0.25) is 0 Å². The van der Waals surface area contributed by atoms with Gasteiger partial charge < -0.3 is 10.2 Å². The van der Waals surface area contributed by atoms with Gasteiger partial charge in [-0.15, -0.1) is 0 Å². The van der Waals surface area contributed by atoms with E-state index >= 15 is 0 Å². The van der Waals surface area contributed by atoms with Crippen LogP contribution in [0.25, 0.3) is 0 Å². The molecule has 6 nitrogen and oxygen atoms in total. The number of nitrogens with zero attached hydrogens (tertiary/aromatic N) is 3. The predicted octanol–water partition coefficient (Wildman–Crippen LogP) is 3.17. The van der Waals surface area contributed by atoms with Crippen molar-refractivity contribution in [3.05, 3.63) is 59.9 Å². The fourth-order valence-electron chi connectivity index (χ4n) is 3.62. The van der Waals surface area contributed by atoms with Gasteiger partial charge in [0.1, 0.15) is 0 Å². The molecule has 0 radical (unpaired) electrons. The molecule has 0 saturated carbocycles. The zero-order chi connectivity index (χ0) is 19.9. The van der Waals surface area contributed by atoms with Crippen LogP contribution >= 0.6 is 0 Å². The fourth-order valence-corrected chi connectivity index (χ4v) is 3.62. The Bertz CT molecular complexity index is 809. The summed E-state index contributed by atoms with van der Waals surface area (Å²) < 4.78 is 0. The molecule has 1 aromatic heterocycles. The van der Waals surface area contributed by atoms with Gasteiger partial charge in [-0.25, -0.2) is 0 Å². The van der Waals surface area contributed by atoms with E-state index in [1.54, 1.807) is 24.5 Å². The minimum Gasteiger partial charge on any atom is -0.336 e. The largest absolute Gasteiger partial charge is 0.336 e. The average molecular weight is 380 g/mol. The Morgan fingerprint density at radius 2 is 1.93 bits per heavy atom. The van der Waals surface area contributed by atoms with Crippen molar-refractivity contribution in [2.24, 2.45) is 0 Å². The highest BCUT2D eigenvalue weighted by molar-refractivity contribution is 6.04. The van der Waals surface area contributed by atoms with Crippen molar-refractivity contribution in [3.63, 3.8) is 0 Å². The van der Waals surface area contributed by atoms with Crippen molar-refractivity contribution >= 4 is 17.5 Å². The Morgan fingerprint density at radius 3 is 2.68 bits per heavy atom. The van der Waals surface area contributed by atoms with Gasteiger partial charge in [-0.1, -0.05) is 12.1 Å². The summed E-state index contributed by atoms with van der Waals surface area (Å²) in [6, 6.07) is 11.4. The van der Waals surface area contributed by atoms with E-state index in [1.165, 1.54) is 0 Å². The molecule has 6 heteroatoms. The molecule has 1 fully saturated rings. The highest BCUT2D eigenvalue weighted by Crippen LogP contribution is 2.23. The first-order chi connectivity index (χ1) is 13.5. The van der Waals surface area contributed by atoms with Gasteiger partial charge in [0.25, 0.3) is 5.91 Å². The summed E-state index contributed by atoms with van der Waals surface area (Å²) >= 11 is 0. The molecular formula is C22H28N4O2. The Hall–Kier alpha value is -2.73. The van der Waals surface area contributed by atoms with Gasteiger partial charge in [-0.2, -0.15) is 0 Å². The number of likely N-dealkylation sites (tertiary alicyclic amines) is 1. The molecule has 1 aliphatic heterocycles. The maximum atomic E-state index is 13.0. The first kappa shape index (κ1) is 20.0. The quantitative estimate of drug-likeness (QED) is 0.836. The lowest BCUT2D eigenvalue weighted by atomic mass is 10.0. The predicted molar refractivity (Wildman–Crippen MR) is 110 cm³/mol. The number of benzene rings is 1. The van der Waals surface area contributed by atoms with Crippen molar-refractivity contribution in [2.45, 2.75) is 38.8 Å². The summed E-state index contributed by atoms with van der Waals surface area (Å²) in [4.78, 5) is 33.4. The van der Waals surface area contributed by atoms with E-state index in [0.29, 0.717) is 17.8 Å². The zero-order valence-corrected chi connectivity index (χ0v) is 16.6. The average Bonchev–Trinajstić information content (AvgIpc) is 2.69. The molecule has 2 amide bonds.